The summed E-state index contributed by atoms with van der Waals surface area (Å²) in [5.74, 6) is 0.0363. The van der Waals surface area contributed by atoms with Gasteiger partial charge in [-0.2, -0.15) is 0 Å². The number of carbonyl (C=O) groups excluding carboxylic acids is 2. The SMILES string of the molecule is COCCNCC(=O)Nc1cccc(N2CCCCC2=O)c1. The number of carbonyl (C=O) groups is 2. The Kier molecular flexibility index (Phi) is 6.36. The lowest BCUT2D eigenvalue weighted by Crippen LogP contribution is -2.35. The molecule has 0 saturated carbocycles. The third kappa shape index (κ3) is 4.82. The van der Waals surface area contributed by atoms with Crippen LogP contribution in [0.4, 0.5) is 11.4 Å². The minimum atomic E-state index is -0.113. The highest BCUT2D eigenvalue weighted by molar-refractivity contribution is 5.96. The maximum atomic E-state index is 11.9. The first kappa shape index (κ1) is 16.5. The van der Waals surface area contributed by atoms with Gasteiger partial charge in [-0.1, -0.05) is 6.07 Å². The lowest BCUT2D eigenvalue weighted by molar-refractivity contribution is -0.119. The minimum absolute atomic E-state index is 0.113. The Balaban J connectivity index is 1.90. The number of hydrogen-bond acceptors (Lipinski definition) is 4. The molecule has 1 saturated heterocycles. The number of rotatable bonds is 7. The lowest BCUT2D eigenvalue weighted by atomic mass is 10.1. The smallest absolute Gasteiger partial charge is 0.238 e. The second-order valence-corrected chi connectivity index (χ2v) is 5.27. The molecule has 1 aliphatic rings. The molecule has 2 amide bonds. The Bertz CT molecular complexity index is 519. The fourth-order valence-corrected chi connectivity index (χ4v) is 2.41. The van der Waals surface area contributed by atoms with Crippen LogP contribution in [0.15, 0.2) is 24.3 Å². The summed E-state index contributed by atoms with van der Waals surface area (Å²) in [4.78, 5) is 25.6. The van der Waals surface area contributed by atoms with Gasteiger partial charge in [0.25, 0.3) is 0 Å². The van der Waals surface area contributed by atoms with Crippen LogP contribution in [-0.4, -0.2) is 45.2 Å². The highest BCUT2D eigenvalue weighted by atomic mass is 16.5. The van der Waals surface area contributed by atoms with E-state index in [1.54, 1.807) is 12.0 Å². The van der Waals surface area contributed by atoms with Crippen molar-refractivity contribution < 1.29 is 14.3 Å². The number of amides is 2. The van der Waals surface area contributed by atoms with Gasteiger partial charge in [0.05, 0.1) is 13.2 Å². The highest BCUT2D eigenvalue weighted by Crippen LogP contribution is 2.23. The Morgan fingerprint density at radius 1 is 1.36 bits per heavy atom. The number of piperidine rings is 1. The molecule has 120 valence electrons. The van der Waals surface area contributed by atoms with E-state index < -0.39 is 0 Å². The maximum absolute atomic E-state index is 11.9. The number of benzene rings is 1. The van der Waals surface area contributed by atoms with Gasteiger partial charge in [-0.25, -0.2) is 0 Å². The van der Waals surface area contributed by atoms with E-state index >= 15 is 0 Å². The van der Waals surface area contributed by atoms with Crippen LogP contribution >= 0.6 is 0 Å². The molecule has 1 fully saturated rings. The zero-order valence-corrected chi connectivity index (χ0v) is 12.9. The van der Waals surface area contributed by atoms with E-state index in [9.17, 15) is 9.59 Å². The summed E-state index contributed by atoms with van der Waals surface area (Å²) < 4.78 is 4.90. The Hall–Kier alpha value is -1.92. The molecule has 6 nitrogen and oxygen atoms in total. The third-order valence-corrected chi connectivity index (χ3v) is 3.53. The Morgan fingerprint density at radius 2 is 2.23 bits per heavy atom. The minimum Gasteiger partial charge on any atom is -0.383 e. The zero-order chi connectivity index (χ0) is 15.8. The number of anilines is 2. The Labute approximate surface area is 130 Å². The molecular formula is C16H23N3O3. The second-order valence-electron chi connectivity index (χ2n) is 5.27. The van der Waals surface area contributed by atoms with Gasteiger partial charge in [0.15, 0.2) is 0 Å². The van der Waals surface area contributed by atoms with Gasteiger partial charge in [-0.3, -0.25) is 9.59 Å². The van der Waals surface area contributed by atoms with E-state index in [-0.39, 0.29) is 18.4 Å². The van der Waals surface area contributed by atoms with Gasteiger partial charge in [-0.05, 0) is 31.0 Å². The molecule has 2 rings (SSSR count). The maximum Gasteiger partial charge on any atom is 0.238 e. The molecule has 1 aromatic rings. The van der Waals surface area contributed by atoms with Crippen LogP contribution in [0.2, 0.25) is 0 Å². The number of nitrogens with one attached hydrogen (secondary N) is 2. The summed E-state index contributed by atoms with van der Waals surface area (Å²) in [5.41, 5.74) is 1.55. The van der Waals surface area contributed by atoms with E-state index in [2.05, 4.69) is 10.6 Å². The molecule has 2 N–H and O–H groups in total. The fraction of sp³-hybridized carbons (Fsp3) is 0.500. The van der Waals surface area contributed by atoms with Crippen LogP contribution < -0.4 is 15.5 Å². The molecule has 0 unspecified atom stereocenters. The van der Waals surface area contributed by atoms with E-state index in [4.69, 9.17) is 4.74 Å². The second kappa shape index (κ2) is 8.51. The molecule has 1 aliphatic heterocycles. The van der Waals surface area contributed by atoms with E-state index in [1.165, 1.54) is 0 Å². The molecule has 0 aromatic heterocycles. The number of methoxy groups -OCH3 is 1. The standard InChI is InChI=1S/C16H23N3O3/c1-22-10-8-17-12-15(20)18-13-5-4-6-14(11-13)19-9-3-2-7-16(19)21/h4-6,11,17H,2-3,7-10,12H2,1H3,(H,18,20). The van der Waals surface area contributed by atoms with E-state index in [1.807, 2.05) is 24.3 Å². The van der Waals surface area contributed by atoms with Gasteiger partial charge >= 0.3 is 0 Å². The molecule has 0 spiro atoms. The fourth-order valence-electron chi connectivity index (χ4n) is 2.41. The molecular weight excluding hydrogens is 282 g/mol. The average molecular weight is 305 g/mol. The molecule has 22 heavy (non-hydrogen) atoms. The van der Waals surface area contributed by atoms with Crippen molar-refractivity contribution in [3.8, 4) is 0 Å². The van der Waals surface area contributed by atoms with Crippen LogP contribution in [0.5, 0.6) is 0 Å². The first-order chi connectivity index (χ1) is 10.7. The number of ether oxygens (including phenoxy) is 1. The van der Waals surface area contributed by atoms with Crippen molar-refractivity contribution in [3.63, 3.8) is 0 Å². The predicted molar refractivity (Wildman–Crippen MR) is 86.0 cm³/mol. The normalized spacial score (nSPS) is 15.0. The average Bonchev–Trinajstić information content (AvgIpc) is 2.52. The first-order valence-electron chi connectivity index (χ1n) is 7.60. The van der Waals surface area contributed by atoms with Crippen molar-refractivity contribution in [3.05, 3.63) is 24.3 Å². The summed E-state index contributed by atoms with van der Waals surface area (Å²) in [6.45, 7) is 2.18. The highest BCUT2D eigenvalue weighted by Gasteiger charge is 2.19. The molecule has 6 heteroatoms. The van der Waals surface area contributed by atoms with Crippen molar-refractivity contribution in [2.45, 2.75) is 19.3 Å². The van der Waals surface area contributed by atoms with E-state index in [0.717, 1.165) is 25.1 Å². The summed E-state index contributed by atoms with van der Waals surface area (Å²) >= 11 is 0. The summed E-state index contributed by atoms with van der Waals surface area (Å²) in [7, 11) is 1.62. The van der Waals surface area contributed by atoms with Crippen molar-refractivity contribution in [2.75, 3.05) is 43.6 Å². The monoisotopic (exact) mass is 305 g/mol. The first-order valence-corrected chi connectivity index (χ1v) is 7.60. The van der Waals surface area contributed by atoms with Gasteiger partial charge < -0.3 is 20.3 Å². The molecule has 0 bridgehead atoms. The van der Waals surface area contributed by atoms with E-state index in [0.29, 0.717) is 25.3 Å². The molecule has 0 atom stereocenters. The molecule has 0 aliphatic carbocycles. The van der Waals surface area contributed by atoms with Gasteiger partial charge in [-0.15, -0.1) is 0 Å². The zero-order valence-electron chi connectivity index (χ0n) is 12.9. The van der Waals surface area contributed by atoms with Crippen molar-refractivity contribution >= 4 is 23.2 Å². The van der Waals surface area contributed by atoms with Crippen LogP contribution in [0.25, 0.3) is 0 Å². The van der Waals surface area contributed by atoms with Crippen LogP contribution in [-0.2, 0) is 14.3 Å². The lowest BCUT2D eigenvalue weighted by Gasteiger charge is -2.27. The Morgan fingerprint density at radius 3 is 3.00 bits per heavy atom. The third-order valence-electron chi connectivity index (χ3n) is 3.53. The topological polar surface area (TPSA) is 70.7 Å². The van der Waals surface area contributed by atoms with Crippen molar-refractivity contribution in [1.82, 2.24) is 5.32 Å². The van der Waals surface area contributed by atoms with Crippen molar-refractivity contribution in [1.29, 1.82) is 0 Å². The largest absolute Gasteiger partial charge is 0.383 e. The van der Waals surface area contributed by atoms with Crippen LogP contribution in [0, 0.1) is 0 Å². The van der Waals surface area contributed by atoms with Gasteiger partial charge in [0.1, 0.15) is 0 Å². The van der Waals surface area contributed by atoms with Crippen LogP contribution in [0.3, 0.4) is 0 Å². The summed E-state index contributed by atoms with van der Waals surface area (Å²) in [5, 5.41) is 5.82. The molecule has 1 aromatic carbocycles. The predicted octanol–water partition coefficient (Wildman–Crippen LogP) is 1.38. The molecule has 1 heterocycles. The quantitative estimate of drug-likeness (QED) is 0.747. The number of hydrogen-bond donors (Lipinski definition) is 2. The van der Waals surface area contributed by atoms with Gasteiger partial charge in [0.2, 0.25) is 11.8 Å². The summed E-state index contributed by atoms with van der Waals surface area (Å²) in [6, 6.07) is 7.42. The van der Waals surface area contributed by atoms with Crippen LogP contribution in [0.1, 0.15) is 19.3 Å². The van der Waals surface area contributed by atoms with Crippen molar-refractivity contribution in [2.24, 2.45) is 0 Å². The summed E-state index contributed by atoms with van der Waals surface area (Å²) in [6.07, 6.45) is 2.57. The number of nitrogens with zero attached hydrogens (tertiary/aromatic N) is 1. The van der Waals surface area contributed by atoms with Gasteiger partial charge in [0, 0.05) is 38.0 Å². The molecule has 0 radical (unpaired) electrons.